The number of nitrogens with two attached hydrogens (primary N) is 1. The molecule has 0 aromatic heterocycles. The molecule has 2 aromatic rings. The Bertz CT molecular complexity index is 602. The van der Waals surface area contributed by atoms with Crippen LogP contribution in [0.25, 0.3) is 0 Å². The maximum atomic E-state index is 5.76. The maximum absolute atomic E-state index is 5.76. The summed E-state index contributed by atoms with van der Waals surface area (Å²) in [5.41, 5.74) is 7.37. The number of halogens is 1. The SMILES string of the molecule is COc1ccc(COc2ccc(N)cc2OC)cc1Br. The maximum Gasteiger partial charge on any atom is 0.162 e. The summed E-state index contributed by atoms with van der Waals surface area (Å²) in [6.07, 6.45) is 0. The fourth-order valence-electron chi connectivity index (χ4n) is 1.76. The molecule has 20 heavy (non-hydrogen) atoms. The number of ether oxygens (including phenoxy) is 3. The van der Waals surface area contributed by atoms with E-state index in [9.17, 15) is 0 Å². The van der Waals surface area contributed by atoms with E-state index < -0.39 is 0 Å². The zero-order chi connectivity index (χ0) is 14.5. The summed E-state index contributed by atoms with van der Waals surface area (Å²) in [4.78, 5) is 0. The van der Waals surface area contributed by atoms with Gasteiger partial charge in [-0.05, 0) is 45.8 Å². The van der Waals surface area contributed by atoms with E-state index >= 15 is 0 Å². The van der Waals surface area contributed by atoms with Crippen LogP contribution in [-0.2, 0) is 6.61 Å². The number of hydrogen-bond donors (Lipinski definition) is 1. The molecule has 0 amide bonds. The Hall–Kier alpha value is -1.88. The van der Waals surface area contributed by atoms with Gasteiger partial charge >= 0.3 is 0 Å². The molecular weight excluding hydrogens is 322 g/mol. The standard InChI is InChI=1S/C15H16BrNO3/c1-18-13-5-3-10(7-12(13)16)9-20-14-6-4-11(17)8-15(14)19-2/h3-8H,9,17H2,1-2H3. The number of anilines is 1. The van der Waals surface area contributed by atoms with E-state index in [4.69, 9.17) is 19.9 Å². The number of methoxy groups -OCH3 is 2. The zero-order valence-electron chi connectivity index (χ0n) is 11.4. The van der Waals surface area contributed by atoms with Crippen LogP contribution in [0.5, 0.6) is 17.2 Å². The lowest BCUT2D eigenvalue weighted by atomic mass is 10.2. The summed E-state index contributed by atoms with van der Waals surface area (Å²) >= 11 is 3.45. The van der Waals surface area contributed by atoms with Crippen LogP contribution in [0.15, 0.2) is 40.9 Å². The summed E-state index contributed by atoms with van der Waals surface area (Å²) in [5.74, 6) is 2.07. The molecule has 0 saturated heterocycles. The molecule has 0 atom stereocenters. The van der Waals surface area contributed by atoms with E-state index in [1.165, 1.54) is 0 Å². The molecule has 0 aliphatic heterocycles. The molecule has 0 fully saturated rings. The largest absolute Gasteiger partial charge is 0.496 e. The van der Waals surface area contributed by atoms with E-state index in [0.717, 1.165) is 15.8 Å². The lowest BCUT2D eigenvalue weighted by Crippen LogP contribution is -1.99. The van der Waals surface area contributed by atoms with Crippen LogP contribution in [0.1, 0.15) is 5.56 Å². The highest BCUT2D eigenvalue weighted by Crippen LogP contribution is 2.30. The van der Waals surface area contributed by atoms with Crippen LogP contribution in [0.2, 0.25) is 0 Å². The van der Waals surface area contributed by atoms with Crippen molar-refractivity contribution >= 4 is 21.6 Å². The molecule has 106 valence electrons. The van der Waals surface area contributed by atoms with Crippen molar-refractivity contribution in [1.29, 1.82) is 0 Å². The molecule has 0 saturated carbocycles. The second-order valence-corrected chi connectivity index (χ2v) is 5.02. The summed E-state index contributed by atoms with van der Waals surface area (Å²) < 4.78 is 17.1. The predicted octanol–water partition coefficient (Wildman–Crippen LogP) is 3.63. The van der Waals surface area contributed by atoms with Gasteiger partial charge in [0.05, 0.1) is 18.7 Å². The van der Waals surface area contributed by atoms with Gasteiger partial charge in [0.25, 0.3) is 0 Å². The average Bonchev–Trinajstić information content (AvgIpc) is 2.46. The van der Waals surface area contributed by atoms with Crippen LogP contribution in [-0.4, -0.2) is 14.2 Å². The van der Waals surface area contributed by atoms with Gasteiger partial charge in [-0.2, -0.15) is 0 Å². The molecule has 0 aliphatic rings. The topological polar surface area (TPSA) is 53.7 Å². The lowest BCUT2D eigenvalue weighted by molar-refractivity contribution is 0.284. The van der Waals surface area contributed by atoms with Gasteiger partial charge in [-0.3, -0.25) is 0 Å². The fourth-order valence-corrected chi connectivity index (χ4v) is 2.35. The first kappa shape index (κ1) is 14.5. The number of hydrogen-bond acceptors (Lipinski definition) is 4. The second kappa shape index (κ2) is 6.52. The van der Waals surface area contributed by atoms with Crippen molar-refractivity contribution in [3.63, 3.8) is 0 Å². The van der Waals surface area contributed by atoms with Gasteiger partial charge in [0.2, 0.25) is 0 Å². The minimum atomic E-state index is 0.433. The first-order valence-corrected chi connectivity index (χ1v) is 6.82. The molecule has 0 spiro atoms. The normalized spacial score (nSPS) is 10.2. The summed E-state index contributed by atoms with van der Waals surface area (Å²) in [7, 11) is 3.22. The minimum Gasteiger partial charge on any atom is -0.496 e. The van der Waals surface area contributed by atoms with E-state index in [1.807, 2.05) is 18.2 Å². The summed E-state index contributed by atoms with van der Waals surface area (Å²) in [5, 5.41) is 0. The molecule has 0 bridgehead atoms. The average molecular weight is 338 g/mol. The molecule has 0 heterocycles. The Balaban J connectivity index is 2.10. The van der Waals surface area contributed by atoms with Crippen molar-refractivity contribution in [3.8, 4) is 17.2 Å². The predicted molar refractivity (Wildman–Crippen MR) is 82.4 cm³/mol. The molecule has 4 nitrogen and oxygen atoms in total. The Kier molecular flexibility index (Phi) is 4.74. The van der Waals surface area contributed by atoms with Crippen molar-refractivity contribution < 1.29 is 14.2 Å². The highest BCUT2D eigenvalue weighted by molar-refractivity contribution is 9.10. The third-order valence-electron chi connectivity index (χ3n) is 2.80. The van der Waals surface area contributed by atoms with Gasteiger partial charge in [-0.1, -0.05) is 6.07 Å². The van der Waals surface area contributed by atoms with Crippen LogP contribution >= 0.6 is 15.9 Å². The molecular formula is C15H16BrNO3. The molecule has 0 radical (unpaired) electrons. The van der Waals surface area contributed by atoms with Crippen LogP contribution in [0.4, 0.5) is 5.69 Å². The van der Waals surface area contributed by atoms with E-state index in [2.05, 4.69) is 15.9 Å². The number of rotatable bonds is 5. The zero-order valence-corrected chi connectivity index (χ0v) is 12.9. The van der Waals surface area contributed by atoms with E-state index in [1.54, 1.807) is 32.4 Å². The highest BCUT2D eigenvalue weighted by Gasteiger charge is 2.06. The van der Waals surface area contributed by atoms with Crippen molar-refractivity contribution in [2.24, 2.45) is 0 Å². The first-order chi connectivity index (χ1) is 9.63. The monoisotopic (exact) mass is 337 g/mol. The van der Waals surface area contributed by atoms with Gasteiger partial charge in [0.15, 0.2) is 11.5 Å². The minimum absolute atomic E-state index is 0.433. The molecule has 0 unspecified atom stereocenters. The second-order valence-electron chi connectivity index (χ2n) is 4.17. The van der Waals surface area contributed by atoms with Gasteiger partial charge < -0.3 is 19.9 Å². The van der Waals surface area contributed by atoms with Gasteiger partial charge in [-0.25, -0.2) is 0 Å². The Morgan fingerprint density at radius 1 is 0.950 bits per heavy atom. The van der Waals surface area contributed by atoms with E-state index in [-0.39, 0.29) is 0 Å². The molecule has 2 rings (SSSR count). The van der Waals surface area contributed by atoms with Gasteiger partial charge in [-0.15, -0.1) is 0 Å². The Morgan fingerprint density at radius 2 is 1.65 bits per heavy atom. The third-order valence-corrected chi connectivity index (χ3v) is 3.42. The molecule has 2 N–H and O–H groups in total. The van der Waals surface area contributed by atoms with Crippen LogP contribution in [0, 0.1) is 0 Å². The Morgan fingerprint density at radius 3 is 2.30 bits per heavy atom. The fraction of sp³-hybridized carbons (Fsp3) is 0.200. The smallest absolute Gasteiger partial charge is 0.162 e. The molecule has 0 aliphatic carbocycles. The van der Waals surface area contributed by atoms with Crippen molar-refractivity contribution in [2.45, 2.75) is 6.61 Å². The van der Waals surface area contributed by atoms with Crippen LogP contribution < -0.4 is 19.9 Å². The van der Waals surface area contributed by atoms with Gasteiger partial charge in [0.1, 0.15) is 12.4 Å². The van der Waals surface area contributed by atoms with Gasteiger partial charge in [0, 0.05) is 11.8 Å². The highest BCUT2D eigenvalue weighted by atomic mass is 79.9. The number of nitrogen functional groups attached to an aromatic ring is 1. The van der Waals surface area contributed by atoms with Crippen LogP contribution in [0.3, 0.4) is 0 Å². The molecule has 2 aromatic carbocycles. The third kappa shape index (κ3) is 3.36. The van der Waals surface area contributed by atoms with Crippen molar-refractivity contribution in [3.05, 3.63) is 46.4 Å². The first-order valence-electron chi connectivity index (χ1n) is 6.02. The van der Waals surface area contributed by atoms with Crippen molar-refractivity contribution in [1.82, 2.24) is 0 Å². The summed E-state index contributed by atoms with van der Waals surface area (Å²) in [6, 6.07) is 11.1. The molecule has 5 heteroatoms. The number of benzene rings is 2. The van der Waals surface area contributed by atoms with E-state index in [0.29, 0.717) is 23.8 Å². The summed E-state index contributed by atoms with van der Waals surface area (Å²) in [6.45, 7) is 0.433. The van der Waals surface area contributed by atoms with Crippen molar-refractivity contribution in [2.75, 3.05) is 20.0 Å². The Labute approximate surface area is 126 Å². The lowest BCUT2D eigenvalue weighted by Gasteiger charge is -2.12. The quantitative estimate of drug-likeness (QED) is 0.846.